The summed E-state index contributed by atoms with van der Waals surface area (Å²) >= 11 is 3.93. The van der Waals surface area contributed by atoms with Gasteiger partial charge in [0.1, 0.15) is 0 Å². The van der Waals surface area contributed by atoms with Crippen LogP contribution in [0.3, 0.4) is 0 Å². The number of rotatable bonds is 7. The van der Waals surface area contributed by atoms with E-state index in [0.717, 1.165) is 0 Å². The Morgan fingerprint density at radius 2 is 2.25 bits per heavy atom. The number of carbonyl (C=O) groups excluding carboxylic acids is 1. The second-order valence-corrected chi connectivity index (χ2v) is 2.67. The zero-order valence-electron chi connectivity index (χ0n) is 7.08. The van der Waals surface area contributed by atoms with Crippen molar-refractivity contribution in [3.05, 3.63) is 0 Å². The average Bonchev–Trinajstić information content (AvgIpc) is 2.05. The standard InChI is InChI=1S/C7H16N2O2S/c8-2-4-11-5-3-9-7(10)1-6-12/h12H,1-6,8H2,(H,9,10). The maximum atomic E-state index is 10.8. The van der Waals surface area contributed by atoms with Crippen LogP contribution in [0.1, 0.15) is 6.42 Å². The minimum Gasteiger partial charge on any atom is -0.378 e. The molecule has 0 spiro atoms. The van der Waals surface area contributed by atoms with Gasteiger partial charge in [0.2, 0.25) is 5.91 Å². The fourth-order valence-corrected chi connectivity index (χ4v) is 0.841. The van der Waals surface area contributed by atoms with Crippen LogP contribution in [-0.2, 0) is 9.53 Å². The monoisotopic (exact) mass is 192 g/mol. The molecule has 12 heavy (non-hydrogen) atoms. The number of hydrogen-bond donors (Lipinski definition) is 3. The molecule has 0 radical (unpaired) electrons. The lowest BCUT2D eigenvalue weighted by Crippen LogP contribution is -2.27. The maximum Gasteiger partial charge on any atom is 0.220 e. The van der Waals surface area contributed by atoms with Crippen LogP contribution in [0.15, 0.2) is 0 Å². The molecular weight excluding hydrogens is 176 g/mol. The first-order valence-electron chi connectivity index (χ1n) is 3.96. The highest BCUT2D eigenvalue weighted by atomic mass is 32.1. The van der Waals surface area contributed by atoms with E-state index in [1.807, 2.05) is 0 Å². The van der Waals surface area contributed by atoms with Gasteiger partial charge in [0.05, 0.1) is 13.2 Å². The van der Waals surface area contributed by atoms with Crippen LogP contribution in [0, 0.1) is 0 Å². The van der Waals surface area contributed by atoms with Crippen molar-refractivity contribution in [3.8, 4) is 0 Å². The summed E-state index contributed by atoms with van der Waals surface area (Å²) in [5.41, 5.74) is 5.20. The molecule has 5 heteroatoms. The largest absolute Gasteiger partial charge is 0.378 e. The van der Waals surface area contributed by atoms with Crippen LogP contribution in [0.5, 0.6) is 0 Å². The van der Waals surface area contributed by atoms with E-state index in [2.05, 4.69) is 17.9 Å². The molecule has 0 unspecified atom stereocenters. The average molecular weight is 192 g/mol. The van der Waals surface area contributed by atoms with Gasteiger partial charge < -0.3 is 15.8 Å². The van der Waals surface area contributed by atoms with Crippen molar-refractivity contribution < 1.29 is 9.53 Å². The van der Waals surface area contributed by atoms with Gasteiger partial charge >= 0.3 is 0 Å². The van der Waals surface area contributed by atoms with Crippen LogP contribution >= 0.6 is 12.6 Å². The summed E-state index contributed by atoms with van der Waals surface area (Å²) in [6.07, 6.45) is 0.458. The second-order valence-electron chi connectivity index (χ2n) is 2.22. The van der Waals surface area contributed by atoms with E-state index < -0.39 is 0 Å². The molecule has 0 fully saturated rings. The molecule has 0 atom stereocenters. The first-order valence-corrected chi connectivity index (χ1v) is 4.60. The summed E-state index contributed by atoms with van der Waals surface area (Å²) in [5.74, 6) is 0.594. The number of hydrogen-bond acceptors (Lipinski definition) is 4. The van der Waals surface area contributed by atoms with Gasteiger partial charge in [0, 0.05) is 19.5 Å². The Balaban J connectivity index is 3.03. The first-order chi connectivity index (χ1) is 5.81. The number of thiol groups is 1. The van der Waals surface area contributed by atoms with Gasteiger partial charge in [-0.05, 0) is 5.75 Å². The van der Waals surface area contributed by atoms with E-state index in [1.165, 1.54) is 0 Å². The second kappa shape index (κ2) is 8.83. The molecule has 0 aromatic rings. The lowest BCUT2D eigenvalue weighted by Gasteiger charge is -2.04. The van der Waals surface area contributed by atoms with Crippen molar-refractivity contribution in [1.29, 1.82) is 0 Å². The fourth-order valence-electron chi connectivity index (χ4n) is 0.638. The predicted molar refractivity (Wildman–Crippen MR) is 51.4 cm³/mol. The molecule has 72 valence electrons. The van der Waals surface area contributed by atoms with E-state index in [0.29, 0.717) is 38.5 Å². The minimum atomic E-state index is 0.0151. The highest BCUT2D eigenvalue weighted by Crippen LogP contribution is 1.82. The van der Waals surface area contributed by atoms with Crippen LogP contribution < -0.4 is 11.1 Å². The fraction of sp³-hybridized carbons (Fsp3) is 0.857. The number of nitrogens with two attached hydrogens (primary N) is 1. The van der Waals surface area contributed by atoms with Gasteiger partial charge in [0.15, 0.2) is 0 Å². The molecule has 0 saturated carbocycles. The smallest absolute Gasteiger partial charge is 0.220 e. The van der Waals surface area contributed by atoms with E-state index in [1.54, 1.807) is 0 Å². The molecule has 0 aromatic heterocycles. The van der Waals surface area contributed by atoms with Gasteiger partial charge in [-0.3, -0.25) is 4.79 Å². The maximum absolute atomic E-state index is 10.8. The van der Waals surface area contributed by atoms with Crippen molar-refractivity contribution in [1.82, 2.24) is 5.32 Å². The Labute approximate surface area is 78.2 Å². The topological polar surface area (TPSA) is 64.3 Å². The predicted octanol–water partition coefficient (Wildman–Crippen LogP) is -0.602. The zero-order chi connectivity index (χ0) is 9.23. The Hall–Kier alpha value is -0.260. The summed E-state index contributed by atoms with van der Waals surface area (Å²) in [4.78, 5) is 10.8. The lowest BCUT2D eigenvalue weighted by molar-refractivity contribution is -0.120. The first kappa shape index (κ1) is 11.7. The zero-order valence-corrected chi connectivity index (χ0v) is 7.98. The molecule has 0 saturated heterocycles. The summed E-state index contributed by atoms with van der Waals surface area (Å²) < 4.78 is 5.05. The Bertz CT molecular complexity index is 122. The van der Waals surface area contributed by atoms with Gasteiger partial charge in [-0.1, -0.05) is 0 Å². The van der Waals surface area contributed by atoms with Crippen LogP contribution in [0.2, 0.25) is 0 Å². The number of carbonyl (C=O) groups is 1. The summed E-state index contributed by atoms with van der Waals surface area (Å²) in [6.45, 7) is 2.13. The van der Waals surface area contributed by atoms with Crippen LogP contribution in [0.4, 0.5) is 0 Å². The molecule has 3 N–H and O–H groups in total. The molecule has 0 aliphatic rings. The molecular formula is C7H16N2O2S. The highest BCUT2D eigenvalue weighted by molar-refractivity contribution is 7.80. The van der Waals surface area contributed by atoms with Crippen molar-refractivity contribution in [2.24, 2.45) is 5.73 Å². The molecule has 1 amide bonds. The third-order valence-corrected chi connectivity index (χ3v) is 1.39. The molecule has 0 bridgehead atoms. The third kappa shape index (κ3) is 7.84. The summed E-state index contributed by atoms with van der Waals surface area (Å²) in [6, 6.07) is 0. The van der Waals surface area contributed by atoms with Crippen molar-refractivity contribution >= 4 is 18.5 Å². The Morgan fingerprint density at radius 3 is 2.83 bits per heavy atom. The Morgan fingerprint density at radius 1 is 1.50 bits per heavy atom. The normalized spacial score (nSPS) is 9.83. The molecule has 0 aliphatic carbocycles. The molecule has 4 nitrogen and oxygen atoms in total. The molecule has 0 aromatic carbocycles. The van der Waals surface area contributed by atoms with E-state index in [-0.39, 0.29) is 5.91 Å². The summed E-state index contributed by atoms with van der Waals surface area (Å²) in [5, 5.41) is 2.69. The third-order valence-electron chi connectivity index (χ3n) is 1.17. The minimum absolute atomic E-state index is 0.0151. The van der Waals surface area contributed by atoms with Crippen molar-refractivity contribution in [3.63, 3.8) is 0 Å². The van der Waals surface area contributed by atoms with Gasteiger partial charge in [-0.2, -0.15) is 12.6 Å². The van der Waals surface area contributed by atoms with Crippen molar-refractivity contribution in [2.45, 2.75) is 6.42 Å². The van der Waals surface area contributed by atoms with E-state index in [9.17, 15) is 4.79 Å². The van der Waals surface area contributed by atoms with E-state index >= 15 is 0 Å². The molecule has 0 heterocycles. The van der Waals surface area contributed by atoms with Crippen LogP contribution in [0.25, 0.3) is 0 Å². The Kier molecular flexibility index (Phi) is 8.64. The SMILES string of the molecule is NCCOCCNC(=O)CCS. The van der Waals surface area contributed by atoms with Gasteiger partial charge in [0.25, 0.3) is 0 Å². The summed E-state index contributed by atoms with van der Waals surface area (Å²) in [7, 11) is 0. The molecule has 0 rings (SSSR count). The van der Waals surface area contributed by atoms with Gasteiger partial charge in [-0.15, -0.1) is 0 Å². The number of amides is 1. The number of ether oxygens (including phenoxy) is 1. The quantitative estimate of drug-likeness (QED) is 0.373. The molecule has 0 aliphatic heterocycles. The highest BCUT2D eigenvalue weighted by Gasteiger charge is 1.96. The number of nitrogens with one attached hydrogen (secondary N) is 1. The van der Waals surface area contributed by atoms with Crippen LogP contribution in [-0.4, -0.2) is 38.0 Å². The van der Waals surface area contributed by atoms with Gasteiger partial charge in [-0.25, -0.2) is 0 Å². The van der Waals surface area contributed by atoms with Crippen molar-refractivity contribution in [2.75, 3.05) is 32.1 Å². The van der Waals surface area contributed by atoms with E-state index in [4.69, 9.17) is 10.5 Å². The lowest BCUT2D eigenvalue weighted by atomic mass is 10.4.